The summed E-state index contributed by atoms with van der Waals surface area (Å²) in [4.78, 5) is 14.9. The lowest BCUT2D eigenvalue weighted by Crippen LogP contribution is -2.45. The first kappa shape index (κ1) is 13.4. The van der Waals surface area contributed by atoms with Gasteiger partial charge in [-0.15, -0.1) is 5.10 Å². The average Bonchev–Trinajstić information content (AvgIpc) is 2.74. The maximum atomic E-state index is 12.5. The Morgan fingerprint density at radius 3 is 2.78 bits per heavy atom. The molecule has 0 saturated heterocycles. The molecule has 1 aromatic heterocycles. The van der Waals surface area contributed by atoms with Crippen LogP contribution in [0, 0.1) is 0 Å². The average molecular weight is 269 g/mol. The van der Waals surface area contributed by atoms with Crippen molar-refractivity contribution in [2.75, 3.05) is 13.2 Å². The summed E-state index contributed by atoms with van der Waals surface area (Å²) in [6, 6.07) is 0.284. The quantitative estimate of drug-likeness (QED) is 0.882. The molecule has 0 unspecified atom stereocenters. The van der Waals surface area contributed by atoms with Gasteiger partial charge >= 0.3 is 0 Å². The van der Waals surface area contributed by atoms with Gasteiger partial charge in [0.1, 0.15) is 4.88 Å². The maximum absolute atomic E-state index is 12.5. The molecule has 0 spiro atoms. The molecule has 1 N–H and O–H groups in total. The van der Waals surface area contributed by atoms with E-state index in [-0.39, 0.29) is 24.5 Å². The van der Waals surface area contributed by atoms with Crippen molar-refractivity contribution in [3.63, 3.8) is 0 Å². The highest BCUT2D eigenvalue weighted by Crippen LogP contribution is 2.28. The Kier molecular flexibility index (Phi) is 4.29. The van der Waals surface area contributed by atoms with E-state index in [1.165, 1.54) is 0 Å². The van der Waals surface area contributed by atoms with Gasteiger partial charge < -0.3 is 10.0 Å². The van der Waals surface area contributed by atoms with Gasteiger partial charge in [-0.1, -0.05) is 18.3 Å². The van der Waals surface area contributed by atoms with E-state index in [2.05, 4.69) is 9.59 Å². The van der Waals surface area contributed by atoms with E-state index in [0.717, 1.165) is 36.5 Å². The normalized spacial score (nSPS) is 15.8. The zero-order valence-corrected chi connectivity index (χ0v) is 11.6. The van der Waals surface area contributed by atoms with Crippen molar-refractivity contribution >= 4 is 17.4 Å². The molecule has 1 saturated carbocycles. The summed E-state index contributed by atoms with van der Waals surface area (Å²) in [5.74, 6) is 0.174. The van der Waals surface area contributed by atoms with Gasteiger partial charge in [0.2, 0.25) is 0 Å². The fourth-order valence-corrected chi connectivity index (χ4v) is 2.89. The Balaban J connectivity index is 2.18. The Hall–Kier alpha value is -1.01. The van der Waals surface area contributed by atoms with Crippen LogP contribution < -0.4 is 0 Å². The van der Waals surface area contributed by atoms with Gasteiger partial charge in [-0.2, -0.15) is 0 Å². The highest BCUT2D eigenvalue weighted by atomic mass is 32.1. The number of hydrogen-bond donors (Lipinski definition) is 1. The van der Waals surface area contributed by atoms with Crippen LogP contribution in [0.15, 0.2) is 0 Å². The maximum Gasteiger partial charge on any atom is 0.267 e. The lowest BCUT2D eigenvalue weighted by Gasteiger charge is -2.37. The Morgan fingerprint density at radius 1 is 1.56 bits per heavy atom. The van der Waals surface area contributed by atoms with Crippen LogP contribution in [0.2, 0.25) is 0 Å². The fraction of sp³-hybridized carbons (Fsp3) is 0.750. The van der Waals surface area contributed by atoms with Gasteiger partial charge in [0.15, 0.2) is 0 Å². The topological polar surface area (TPSA) is 66.3 Å². The van der Waals surface area contributed by atoms with Crippen molar-refractivity contribution in [2.45, 2.75) is 45.1 Å². The van der Waals surface area contributed by atoms with Gasteiger partial charge in [0.25, 0.3) is 5.91 Å². The molecule has 5 nitrogen and oxygen atoms in total. The first-order chi connectivity index (χ1) is 8.65. The van der Waals surface area contributed by atoms with E-state index in [4.69, 9.17) is 5.11 Å². The molecule has 0 radical (unpaired) electrons. The minimum absolute atomic E-state index is 0.00544. The van der Waals surface area contributed by atoms with Crippen LogP contribution in [0.3, 0.4) is 0 Å². The van der Waals surface area contributed by atoms with Crippen LogP contribution in [0.4, 0.5) is 0 Å². The number of carbonyl (C=O) groups excluding carboxylic acids is 1. The summed E-state index contributed by atoms with van der Waals surface area (Å²) in [5.41, 5.74) is 0.771. The zero-order valence-electron chi connectivity index (χ0n) is 10.8. The molecule has 1 aliphatic carbocycles. The predicted octanol–water partition coefficient (Wildman–Crippen LogP) is 1.65. The molecule has 6 heteroatoms. The minimum atomic E-state index is -0.0209. The molecular formula is C12H19N3O2S. The molecule has 1 aromatic rings. The molecule has 18 heavy (non-hydrogen) atoms. The van der Waals surface area contributed by atoms with Crippen LogP contribution in [0.5, 0.6) is 0 Å². The largest absolute Gasteiger partial charge is 0.395 e. The van der Waals surface area contributed by atoms with Crippen LogP contribution in [0.1, 0.15) is 54.4 Å². The molecule has 1 aliphatic rings. The summed E-state index contributed by atoms with van der Waals surface area (Å²) in [5, 5.41) is 13.1. The molecule has 1 amide bonds. The Morgan fingerprint density at radius 2 is 2.28 bits per heavy atom. The van der Waals surface area contributed by atoms with E-state index < -0.39 is 0 Å². The summed E-state index contributed by atoms with van der Waals surface area (Å²) in [6.45, 7) is 4.42. The number of hydrogen-bond acceptors (Lipinski definition) is 5. The number of nitrogens with zero attached hydrogens (tertiary/aromatic N) is 3. The van der Waals surface area contributed by atoms with E-state index in [1.54, 1.807) is 4.90 Å². The van der Waals surface area contributed by atoms with Crippen LogP contribution >= 0.6 is 11.5 Å². The summed E-state index contributed by atoms with van der Waals surface area (Å²) >= 11 is 1.16. The van der Waals surface area contributed by atoms with Crippen molar-refractivity contribution < 1.29 is 9.90 Å². The number of aliphatic hydroxyl groups excluding tert-OH is 1. The number of aromatic nitrogens is 2. The Bertz CT molecular complexity index is 415. The Labute approximate surface area is 111 Å². The van der Waals surface area contributed by atoms with Crippen molar-refractivity contribution in [3.8, 4) is 0 Å². The van der Waals surface area contributed by atoms with Gasteiger partial charge in [0, 0.05) is 12.6 Å². The number of amides is 1. The van der Waals surface area contributed by atoms with Crippen LogP contribution in [-0.2, 0) is 0 Å². The van der Waals surface area contributed by atoms with Crippen LogP contribution in [-0.4, -0.2) is 44.7 Å². The molecule has 0 bridgehead atoms. The zero-order chi connectivity index (χ0) is 13.1. The molecule has 0 aliphatic heterocycles. The minimum Gasteiger partial charge on any atom is -0.395 e. The SMILES string of the molecule is CC(C)c1nnsc1C(=O)N(CCO)C1CCC1. The van der Waals surface area contributed by atoms with Gasteiger partial charge in [0.05, 0.1) is 12.3 Å². The lowest BCUT2D eigenvalue weighted by molar-refractivity contribution is 0.0529. The second kappa shape index (κ2) is 5.75. The van der Waals surface area contributed by atoms with Gasteiger partial charge in [-0.25, -0.2) is 0 Å². The van der Waals surface area contributed by atoms with E-state index in [1.807, 2.05) is 13.8 Å². The smallest absolute Gasteiger partial charge is 0.267 e. The third kappa shape index (κ3) is 2.54. The summed E-state index contributed by atoms with van der Waals surface area (Å²) in [7, 11) is 0. The molecule has 0 atom stereocenters. The van der Waals surface area contributed by atoms with Gasteiger partial charge in [-0.3, -0.25) is 4.79 Å². The predicted molar refractivity (Wildman–Crippen MR) is 69.8 cm³/mol. The standard InChI is InChI=1S/C12H19N3O2S/c1-8(2)10-11(18-14-13-10)12(17)15(6-7-16)9-4-3-5-9/h8-9,16H,3-7H2,1-2H3. The number of rotatable bonds is 5. The molecule has 1 heterocycles. The fourth-order valence-electron chi connectivity index (χ4n) is 2.11. The van der Waals surface area contributed by atoms with Crippen LogP contribution in [0.25, 0.3) is 0 Å². The summed E-state index contributed by atoms with van der Waals surface area (Å²) in [6.07, 6.45) is 3.24. The molecule has 1 fully saturated rings. The molecule has 100 valence electrons. The monoisotopic (exact) mass is 269 g/mol. The number of carbonyl (C=O) groups is 1. The third-order valence-electron chi connectivity index (χ3n) is 3.37. The van der Waals surface area contributed by atoms with E-state index >= 15 is 0 Å². The van der Waals surface area contributed by atoms with E-state index in [0.29, 0.717) is 11.4 Å². The highest BCUT2D eigenvalue weighted by molar-refractivity contribution is 7.08. The second-order valence-corrected chi connectivity index (χ2v) is 5.70. The van der Waals surface area contributed by atoms with Crippen molar-refractivity contribution in [1.82, 2.24) is 14.5 Å². The van der Waals surface area contributed by atoms with Crippen molar-refractivity contribution in [1.29, 1.82) is 0 Å². The van der Waals surface area contributed by atoms with Crippen molar-refractivity contribution in [2.24, 2.45) is 0 Å². The first-order valence-electron chi connectivity index (χ1n) is 6.39. The second-order valence-electron chi connectivity index (χ2n) is 4.95. The number of aliphatic hydroxyl groups is 1. The molecule has 2 rings (SSSR count). The summed E-state index contributed by atoms with van der Waals surface area (Å²) < 4.78 is 3.89. The lowest BCUT2D eigenvalue weighted by atomic mass is 9.91. The molecular weight excluding hydrogens is 250 g/mol. The highest BCUT2D eigenvalue weighted by Gasteiger charge is 2.31. The first-order valence-corrected chi connectivity index (χ1v) is 7.16. The van der Waals surface area contributed by atoms with E-state index in [9.17, 15) is 4.79 Å². The van der Waals surface area contributed by atoms with Gasteiger partial charge in [-0.05, 0) is 36.7 Å². The molecule has 0 aromatic carbocycles. The van der Waals surface area contributed by atoms with Crippen molar-refractivity contribution in [3.05, 3.63) is 10.6 Å². The third-order valence-corrected chi connectivity index (χ3v) is 4.10.